The van der Waals surface area contributed by atoms with Crippen LogP contribution in [0.4, 0.5) is 5.82 Å². The Bertz CT molecular complexity index is 527. The number of pyridine rings is 1. The number of hydrogen-bond acceptors (Lipinski definition) is 5. The summed E-state index contributed by atoms with van der Waals surface area (Å²) in [6, 6.07) is 3.03. The summed E-state index contributed by atoms with van der Waals surface area (Å²) in [4.78, 5) is 3.86. The first-order valence-electron chi connectivity index (χ1n) is 6.30. The van der Waals surface area contributed by atoms with Crippen LogP contribution in [-0.4, -0.2) is 44.0 Å². The molecule has 1 unspecified atom stereocenters. The first-order valence-corrected chi connectivity index (χ1v) is 7.74. The maximum absolute atomic E-state index is 12.4. The minimum absolute atomic E-state index is 0.0268. The lowest BCUT2D eigenvalue weighted by molar-refractivity contribution is 0.00859. The number of nitrogens with zero attached hydrogens (tertiary/aromatic N) is 2. The van der Waals surface area contributed by atoms with Crippen molar-refractivity contribution in [2.45, 2.75) is 30.3 Å². The molecule has 2 N–H and O–H groups in total. The molecule has 0 bridgehead atoms. The third-order valence-corrected chi connectivity index (χ3v) is 5.09. The van der Waals surface area contributed by atoms with E-state index in [-0.39, 0.29) is 16.8 Å². The fraction of sp³-hybridized carbons (Fsp3) is 0.583. The third-order valence-electron chi connectivity index (χ3n) is 3.22. The quantitative estimate of drug-likeness (QED) is 0.886. The van der Waals surface area contributed by atoms with E-state index in [0.717, 1.165) is 19.3 Å². The van der Waals surface area contributed by atoms with Crippen molar-refractivity contribution in [1.29, 1.82) is 0 Å². The van der Waals surface area contributed by atoms with Crippen molar-refractivity contribution in [2.24, 2.45) is 0 Å². The lowest BCUT2D eigenvalue weighted by Crippen LogP contribution is -2.37. The van der Waals surface area contributed by atoms with Gasteiger partial charge in [-0.3, -0.25) is 0 Å². The van der Waals surface area contributed by atoms with Gasteiger partial charge >= 0.3 is 0 Å². The third kappa shape index (κ3) is 3.23. The number of rotatable bonds is 4. The molecule has 1 atom stereocenters. The SMILES string of the molecule is CN(CC1CCCCO1)S(=O)(=O)c1cccnc1N. The van der Waals surface area contributed by atoms with Crippen molar-refractivity contribution >= 4 is 15.8 Å². The van der Waals surface area contributed by atoms with Gasteiger partial charge in [-0.05, 0) is 31.4 Å². The van der Waals surface area contributed by atoms with Crippen molar-refractivity contribution in [3.63, 3.8) is 0 Å². The summed E-state index contributed by atoms with van der Waals surface area (Å²) in [5, 5.41) is 0. The van der Waals surface area contributed by atoms with Crippen molar-refractivity contribution < 1.29 is 13.2 Å². The Labute approximate surface area is 113 Å². The lowest BCUT2D eigenvalue weighted by Gasteiger charge is -2.27. The van der Waals surface area contributed by atoms with E-state index in [1.165, 1.54) is 16.6 Å². The van der Waals surface area contributed by atoms with Gasteiger partial charge in [-0.2, -0.15) is 4.31 Å². The molecule has 6 nitrogen and oxygen atoms in total. The highest BCUT2D eigenvalue weighted by atomic mass is 32.2. The van der Waals surface area contributed by atoms with E-state index in [2.05, 4.69) is 4.98 Å². The molecule has 1 aromatic heterocycles. The van der Waals surface area contributed by atoms with Crippen LogP contribution in [0.5, 0.6) is 0 Å². The van der Waals surface area contributed by atoms with E-state index in [9.17, 15) is 8.42 Å². The van der Waals surface area contributed by atoms with Crippen LogP contribution in [0.15, 0.2) is 23.2 Å². The summed E-state index contributed by atoms with van der Waals surface area (Å²) in [6.07, 6.45) is 4.45. The molecular formula is C12H19N3O3S. The molecule has 1 fully saturated rings. The molecule has 2 rings (SSSR count). The van der Waals surface area contributed by atoms with Crippen molar-refractivity contribution in [1.82, 2.24) is 9.29 Å². The number of nitrogens with two attached hydrogens (primary N) is 1. The van der Waals surface area contributed by atoms with Crippen molar-refractivity contribution in [3.05, 3.63) is 18.3 Å². The van der Waals surface area contributed by atoms with Crippen LogP contribution < -0.4 is 5.73 Å². The predicted octanol–water partition coefficient (Wildman–Crippen LogP) is 0.853. The predicted molar refractivity (Wildman–Crippen MR) is 72.1 cm³/mol. The smallest absolute Gasteiger partial charge is 0.246 e. The number of likely N-dealkylation sites (N-methyl/N-ethyl adjacent to an activating group) is 1. The van der Waals surface area contributed by atoms with E-state index in [1.807, 2.05) is 0 Å². The fourth-order valence-electron chi connectivity index (χ4n) is 2.13. The Morgan fingerprint density at radius 2 is 2.32 bits per heavy atom. The zero-order chi connectivity index (χ0) is 13.9. The Morgan fingerprint density at radius 1 is 1.53 bits per heavy atom. The average molecular weight is 285 g/mol. The number of aromatic nitrogens is 1. The molecule has 0 spiro atoms. The van der Waals surface area contributed by atoms with Crippen LogP contribution in [-0.2, 0) is 14.8 Å². The molecule has 2 heterocycles. The standard InChI is InChI=1S/C12H19N3O3S/c1-15(9-10-5-2-3-8-18-10)19(16,17)11-6-4-7-14-12(11)13/h4,6-7,10H,2-3,5,8-9H2,1H3,(H2,13,14). The maximum Gasteiger partial charge on any atom is 0.246 e. The van der Waals surface area contributed by atoms with E-state index in [0.29, 0.717) is 13.2 Å². The molecule has 7 heteroatoms. The molecule has 0 aromatic carbocycles. The van der Waals surface area contributed by atoms with Gasteiger partial charge in [0.25, 0.3) is 0 Å². The Morgan fingerprint density at radius 3 is 2.95 bits per heavy atom. The molecule has 0 amide bonds. The molecule has 1 saturated heterocycles. The van der Waals surface area contributed by atoms with Crippen LogP contribution in [0.3, 0.4) is 0 Å². The highest BCUT2D eigenvalue weighted by molar-refractivity contribution is 7.89. The minimum atomic E-state index is -3.60. The Balaban J connectivity index is 2.13. The topological polar surface area (TPSA) is 85.5 Å². The number of ether oxygens (including phenoxy) is 1. The normalized spacial score (nSPS) is 20.6. The largest absolute Gasteiger partial charge is 0.383 e. The summed E-state index contributed by atoms with van der Waals surface area (Å²) < 4.78 is 31.6. The molecule has 0 radical (unpaired) electrons. The number of anilines is 1. The summed E-state index contributed by atoms with van der Waals surface area (Å²) >= 11 is 0. The zero-order valence-electron chi connectivity index (χ0n) is 10.9. The van der Waals surface area contributed by atoms with Crippen LogP contribution in [0.1, 0.15) is 19.3 Å². The van der Waals surface area contributed by atoms with Crippen LogP contribution >= 0.6 is 0 Å². The highest BCUT2D eigenvalue weighted by Crippen LogP contribution is 2.21. The number of sulfonamides is 1. The monoisotopic (exact) mass is 285 g/mol. The van der Waals surface area contributed by atoms with Gasteiger partial charge in [0.05, 0.1) is 6.10 Å². The van der Waals surface area contributed by atoms with Gasteiger partial charge in [0.2, 0.25) is 10.0 Å². The van der Waals surface area contributed by atoms with Gasteiger partial charge in [-0.25, -0.2) is 13.4 Å². The fourth-order valence-corrected chi connectivity index (χ4v) is 3.39. The molecule has 0 aliphatic carbocycles. The second kappa shape index (κ2) is 5.85. The Hall–Kier alpha value is -1.18. The molecule has 19 heavy (non-hydrogen) atoms. The van der Waals surface area contributed by atoms with Gasteiger partial charge < -0.3 is 10.5 Å². The molecule has 1 aliphatic heterocycles. The van der Waals surface area contributed by atoms with E-state index >= 15 is 0 Å². The summed E-state index contributed by atoms with van der Waals surface area (Å²) in [6.45, 7) is 1.05. The second-order valence-electron chi connectivity index (χ2n) is 4.66. The van der Waals surface area contributed by atoms with Crippen LogP contribution in [0.2, 0.25) is 0 Å². The molecule has 0 saturated carbocycles. The number of nitrogen functional groups attached to an aromatic ring is 1. The first kappa shape index (κ1) is 14.2. The van der Waals surface area contributed by atoms with E-state index in [4.69, 9.17) is 10.5 Å². The van der Waals surface area contributed by atoms with Gasteiger partial charge in [-0.1, -0.05) is 0 Å². The maximum atomic E-state index is 12.4. The van der Waals surface area contributed by atoms with E-state index < -0.39 is 10.0 Å². The second-order valence-corrected chi connectivity index (χ2v) is 6.67. The molecule has 106 valence electrons. The molecule has 1 aromatic rings. The number of hydrogen-bond donors (Lipinski definition) is 1. The Kier molecular flexibility index (Phi) is 4.38. The van der Waals surface area contributed by atoms with Crippen LogP contribution in [0.25, 0.3) is 0 Å². The lowest BCUT2D eigenvalue weighted by atomic mass is 10.1. The summed E-state index contributed by atoms with van der Waals surface area (Å²) in [5.41, 5.74) is 5.63. The van der Waals surface area contributed by atoms with E-state index in [1.54, 1.807) is 13.1 Å². The molecular weight excluding hydrogens is 266 g/mol. The summed E-state index contributed by atoms with van der Waals surface area (Å²) in [5.74, 6) is 0.0268. The minimum Gasteiger partial charge on any atom is -0.383 e. The van der Waals surface area contributed by atoms with Crippen LogP contribution in [0, 0.1) is 0 Å². The van der Waals surface area contributed by atoms with Gasteiger partial charge in [0, 0.05) is 26.4 Å². The van der Waals surface area contributed by atoms with Gasteiger partial charge in [0.1, 0.15) is 10.7 Å². The first-order chi connectivity index (χ1) is 9.01. The average Bonchev–Trinajstić information content (AvgIpc) is 2.40. The van der Waals surface area contributed by atoms with Gasteiger partial charge in [0.15, 0.2) is 0 Å². The molecule has 1 aliphatic rings. The van der Waals surface area contributed by atoms with Crippen molar-refractivity contribution in [3.8, 4) is 0 Å². The van der Waals surface area contributed by atoms with Gasteiger partial charge in [-0.15, -0.1) is 0 Å². The highest BCUT2D eigenvalue weighted by Gasteiger charge is 2.27. The zero-order valence-corrected chi connectivity index (χ0v) is 11.8. The summed E-state index contributed by atoms with van der Waals surface area (Å²) in [7, 11) is -2.06. The van der Waals surface area contributed by atoms with Crippen molar-refractivity contribution in [2.75, 3.05) is 25.9 Å².